The Bertz CT molecular complexity index is 247. The highest BCUT2D eigenvalue weighted by Gasteiger charge is 2.19. The number of aliphatic hydroxyl groups is 2. The minimum atomic E-state index is -4.06. The summed E-state index contributed by atoms with van der Waals surface area (Å²) in [7, 11) is -4.06. The van der Waals surface area contributed by atoms with Crippen molar-refractivity contribution in [3.8, 4) is 0 Å². The molecule has 0 spiro atoms. The van der Waals surface area contributed by atoms with E-state index in [1.165, 1.54) is 0 Å². The fourth-order valence-corrected chi connectivity index (χ4v) is 1.59. The Balaban J connectivity index is 3.89. The molecule has 0 aliphatic carbocycles. The zero-order valence-electron chi connectivity index (χ0n) is 7.33. The maximum absolute atomic E-state index is 10.8. The molecular weight excluding hydrogens is 216 g/mol. The van der Waals surface area contributed by atoms with Gasteiger partial charge in [-0.05, 0) is 12.8 Å². The van der Waals surface area contributed by atoms with Crippen LogP contribution in [0.3, 0.4) is 0 Å². The molecule has 0 heterocycles. The zero-order chi connectivity index (χ0) is 11.0. The second kappa shape index (κ2) is 6.71. The first-order valence-electron chi connectivity index (χ1n) is 3.82. The molecule has 0 rings (SSSR count). The molecule has 0 aliphatic heterocycles. The normalized spacial score (nSPS) is 13.6. The van der Waals surface area contributed by atoms with Gasteiger partial charge in [0.15, 0.2) is 0 Å². The van der Waals surface area contributed by atoms with Crippen molar-refractivity contribution in [1.82, 2.24) is 0 Å². The van der Waals surface area contributed by atoms with Crippen molar-refractivity contribution in [2.45, 2.75) is 18.9 Å². The quantitative estimate of drug-likeness (QED) is 0.297. The Labute approximate surface area is 81.3 Å². The van der Waals surface area contributed by atoms with Gasteiger partial charge in [0.1, 0.15) is 5.75 Å². The molecule has 7 nitrogen and oxygen atoms in total. The molecule has 14 heavy (non-hydrogen) atoms. The van der Waals surface area contributed by atoms with Gasteiger partial charge in [-0.1, -0.05) is 4.33 Å². The molecule has 1 unspecified atom stereocenters. The van der Waals surface area contributed by atoms with Gasteiger partial charge in [-0.2, -0.15) is 8.42 Å². The lowest BCUT2D eigenvalue weighted by Gasteiger charge is -2.08. The minimum absolute atomic E-state index is 0.125. The summed E-state index contributed by atoms with van der Waals surface area (Å²) >= 11 is 0. The Morgan fingerprint density at radius 1 is 1.43 bits per heavy atom. The molecule has 0 amide bonds. The number of carbonyl (C=O) groups is 1. The van der Waals surface area contributed by atoms with E-state index in [0.717, 1.165) is 0 Å². The third-order valence-electron chi connectivity index (χ3n) is 1.27. The number of hydrogen-bond donors (Lipinski definition) is 2. The van der Waals surface area contributed by atoms with Crippen LogP contribution in [0.4, 0.5) is 0 Å². The summed E-state index contributed by atoms with van der Waals surface area (Å²) in [6.07, 6.45) is -0.742. The van der Waals surface area contributed by atoms with Gasteiger partial charge in [-0.15, -0.1) is 0 Å². The van der Waals surface area contributed by atoms with Crippen molar-refractivity contribution in [1.29, 1.82) is 0 Å². The highest BCUT2D eigenvalue weighted by molar-refractivity contribution is 7.86. The summed E-state index contributed by atoms with van der Waals surface area (Å²) < 4.78 is 25.4. The SMILES string of the molecule is O=COOS(=O)(=O)CC(O)CCCO. The third-order valence-corrected chi connectivity index (χ3v) is 2.35. The van der Waals surface area contributed by atoms with Gasteiger partial charge in [0.05, 0.1) is 6.10 Å². The lowest BCUT2D eigenvalue weighted by molar-refractivity contribution is -0.194. The third kappa shape index (κ3) is 6.78. The smallest absolute Gasteiger partial charge is 0.332 e. The van der Waals surface area contributed by atoms with E-state index in [4.69, 9.17) is 10.2 Å². The molecule has 0 aromatic rings. The molecule has 0 fully saturated rings. The van der Waals surface area contributed by atoms with Gasteiger partial charge in [0.25, 0.3) is 0 Å². The maximum Gasteiger partial charge on any atom is 0.332 e. The molecule has 8 heteroatoms. The average Bonchev–Trinajstić information content (AvgIpc) is 2.11. The first-order valence-corrected chi connectivity index (χ1v) is 5.40. The standard InChI is InChI=1S/C6H12O7S/c7-3-1-2-6(9)4-14(10,11)13-12-5-8/h5-7,9H,1-4H2. The van der Waals surface area contributed by atoms with Crippen LogP contribution in [-0.4, -0.2) is 43.6 Å². The van der Waals surface area contributed by atoms with Crippen molar-refractivity contribution in [2.24, 2.45) is 0 Å². The first-order chi connectivity index (χ1) is 6.52. The molecule has 2 N–H and O–H groups in total. The largest absolute Gasteiger partial charge is 0.396 e. The monoisotopic (exact) mass is 228 g/mol. The van der Waals surface area contributed by atoms with Crippen LogP contribution in [0.5, 0.6) is 0 Å². The van der Waals surface area contributed by atoms with Crippen LogP contribution in [0.15, 0.2) is 0 Å². The van der Waals surface area contributed by atoms with Crippen LogP contribution in [-0.2, 0) is 24.1 Å². The molecule has 84 valence electrons. The highest BCUT2D eigenvalue weighted by Crippen LogP contribution is 2.02. The van der Waals surface area contributed by atoms with E-state index >= 15 is 0 Å². The molecule has 0 aromatic carbocycles. The lowest BCUT2D eigenvalue weighted by atomic mass is 10.2. The molecule has 0 saturated carbocycles. The number of carbonyl (C=O) groups excluding carboxylic acids is 1. The molecular formula is C6H12O7S. The lowest BCUT2D eigenvalue weighted by Crippen LogP contribution is -2.22. The van der Waals surface area contributed by atoms with Crippen LogP contribution in [0, 0.1) is 0 Å². The first kappa shape index (κ1) is 13.3. The van der Waals surface area contributed by atoms with E-state index in [-0.39, 0.29) is 25.9 Å². The number of hydrogen-bond acceptors (Lipinski definition) is 7. The van der Waals surface area contributed by atoms with E-state index < -0.39 is 22.0 Å². The fourth-order valence-electron chi connectivity index (χ4n) is 0.750. The topological polar surface area (TPSA) is 110 Å². The Morgan fingerprint density at radius 3 is 2.57 bits per heavy atom. The Hall–Kier alpha value is -0.700. The molecule has 0 saturated heterocycles. The van der Waals surface area contributed by atoms with Gasteiger partial charge < -0.3 is 10.2 Å². The second-order valence-corrected chi connectivity index (χ2v) is 4.09. The summed E-state index contributed by atoms with van der Waals surface area (Å²) in [5.74, 6) is -0.680. The van der Waals surface area contributed by atoms with Gasteiger partial charge in [0.2, 0.25) is 0 Å². The van der Waals surface area contributed by atoms with E-state index in [1.54, 1.807) is 0 Å². The van der Waals surface area contributed by atoms with Gasteiger partial charge >= 0.3 is 16.6 Å². The molecule has 0 aliphatic rings. The van der Waals surface area contributed by atoms with E-state index in [9.17, 15) is 13.2 Å². The zero-order valence-corrected chi connectivity index (χ0v) is 8.14. The maximum atomic E-state index is 10.8. The summed E-state index contributed by atoms with van der Waals surface area (Å²) in [6, 6.07) is 0. The average molecular weight is 228 g/mol. The van der Waals surface area contributed by atoms with E-state index in [1.807, 2.05) is 0 Å². The van der Waals surface area contributed by atoms with Crippen LogP contribution in [0.2, 0.25) is 0 Å². The van der Waals surface area contributed by atoms with Crippen LogP contribution >= 0.6 is 0 Å². The van der Waals surface area contributed by atoms with Crippen molar-refractivity contribution >= 4 is 16.6 Å². The van der Waals surface area contributed by atoms with E-state index in [0.29, 0.717) is 0 Å². The van der Waals surface area contributed by atoms with Crippen LogP contribution in [0.25, 0.3) is 0 Å². The minimum Gasteiger partial charge on any atom is -0.396 e. The van der Waals surface area contributed by atoms with Crippen LogP contribution < -0.4 is 0 Å². The highest BCUT2D eigenvalue weighted by atomic mass is 32.2. The number of rotatable bonds is 8. The fraction of sp³-hybridized carbons (Fsp3) is 0.833. The van der Waals surface area contributed by atoms with Gasteiger partial charge in [-0.25, -0.2) is 0 Å². The Kier molecular flexibility index (Phi) is 6.37. The molecule has 0 radical (unpaired) electrons. The summed E-state index contributed by atoms with van der Waals surface area (Å²) in [5.41, 5.74) is 0. The molecule has 1 atom stereocenters. The summed E-state index contributed by atoms with van der Waals surface area (Å²) in [5, 5.41) is 17.5. The predicted molar refractivity (Wildman–Crippen MR) is 44.3 cm³/mol. The predicted octanol–water partition coefficient (Wildman–Crippen LogP) is -1.45. The van der Waals surface area contributed by atoms with Gasteiger partial charge in [0, 0.05) is 6.61 Å². The molecule has 0 bridgehead atoms. The second-order valence-electron chi connectivity index (χ2n) is 2.50. The van der Waals surface area contributed by atoms with Crippen molar-refractivity contribution < 1.29 is 32.6 Å². The summed E-state index contributed by atoms with van der Waals surface area (Å²) in [4.78, 5) is 13.2. The van der Waals surface area contributed by atoms with Crippen molar-refractivity contribution in [3.05, 3.63) is 0 Å². The van der Waals surface area contributed by atoms with Gasteiger partial charge in [-0.3, -0.25) is 9.68 Å². The van der Waals surface area contributed by atoms with Crippen molar-refractivity contribution in [3.63, 3.8) is 0 Å². The number of aliphatic hydroxyl groups excluding tert-OH is 2. The van der Waals surface area contributed by atoms with E-state index in [2.05, 4.69) is 9.22 Å². The van der Waals surface area contributed by atoms with Crippen molar-refractivity contribution in [2.75, 3.05) is 12.4 Å². The summed E-state index contributed by atoms with van der Waals surface area (Å²) in [6.45, 7) is -0.319. The molecule has 0 aromatic heterocycles. The van der Waals surface area contributed by atoms with Crippen LogP contribution in [0.1, 0.15) is 12.8 Å². The Morgan fingerprint density at radius 2 is 2.07 bits per heavy atom.